The van der Waals surface area contributed by atoms with Crippen molar-refractivity contribution in [3.05, 3.63) is 69.4 Å². The molecule has 34 heavy (non-hydrogen) atoms. The summed E-state index contributed by atoms with van der Waals surface area (Å²) in [6, 6.07) is 6.74. The van der Waals surface area contributed by atoms with E-state index in [-0.39, 0.29) is 17.9 Å². The van der Waals surface area contributed by atoms with Gasteiger partial charge in [-0.05, 0) is 18.6 Å². The summed E-state index contributed by atoms with van der Waals surface area (Å²) in [5, 5.41) is 19.6. The summed E-state index contributed by atoms with van der Waals surface area (Å²) in [7, 11) is 1.86. The zero-order valence-electron chi connectivity index (χ0n) is 18.0. The number of H-pyrrole nitrogens is 1. The molecular weight excluding hydrogens is 465 g/mol. The molecule has 3 heterocycles. The maximum Gasteiger partial charge on any atom is 0.303 e. The van der Waals surface area contributed by atoms with E-state index in [1.54, 1.807) is 18.5 Å². The van der Waals surface area contributed by atoms with Crippen LogP contribution in [0.5, 0.6) is 11.5 Å². The van der Waals surface area contributed by atoms with Crippen molar-refractivity contribution in [2.24, 2.45) is 0 Å². The predicted octanol–water partition coefficient (Wildman–Crippen LogP) is 4.75. The first kappa shape index (κ1) is 23.1. The molecule has 0 spiro atoms. The predicted molar refractivity (Wildman–Crippen MR) is 124 cm³/mol. The summed E-state index contributed by atoms with van der Waals surface area (Å²) < 4.78 is 20.7. The van der Waals surface area contributed by atoms with Gasteiger partial charge in [0, 0.05) is 49.6 Å². The second-order valence-electron chi connectivity index (χ2n) is 7.52. The molecule has 0 amide bonds. The monoisotopic (exact) mass is 485 g/mol. The number of hydrogen-bond donors (Lipinski definition) is 2. The van der Waals surface area contributed by atoms with Gasteiger partial charge in [-0.1, -0.05) is 0 Å². The summed E-state index contributed by atoms with van der Waals surface area (Å²) >= 11 is 1.43. The Hall–Kier alpha value is -4.06. The van der Waals surface area contributed by atoms with E-state index in [1.165, 1.54) is 23.5 Å². The molecule has 2 N–H and O–H groups in total. The van der Waals surface area contributed by atoms with E-state index in [1.807, 2.05) is 18.0 Å². The molecule has 1 aromatic carbocycles. The number of nitrogens with one attached hydrogen (secondary N) is 1. The minimum absolute atomic E-state index is 0.105. The third-order valence-electron chi connectivity index (χ3n) is 5.03. The SMILES string of the molecule is CN(CCCC(=O)O)c1cnc(Cc2cc3nccc(Oc4ccc([N+](=O)[O-])cc4F)c3s2)[nH]1. The number of anilines is 1. The van der Waals surface area contributed by atoms with Crippen molar-refractivity contribution in [3.63, 3.8) is 0 Å². The Labute approximate surface area is 196 Å². The number of benzene rings is 1. The number of rotatable bonds is 10. The number of fused-ring (bicyclic) bond motifs is 1. The molecule has 0 aliphatic carbocycles. The standard InChI is InChI=1S/C22H20FN5O5S/c1-27(8-2-3-21(29)30)20-12-25-19(26-20)11-14-10-16-22(34-14)18(6-7-24-16)33-17-5-4-13(28(31)32)9-15(17)23/h4-7,9-10,12H,2-3,8,11H2,1H3,(H,25,26)(H,29,30). The van der Waals surface area contributed by atoms with Crippen molar-refractivity contribution in [1.29, 1.82) is 0 Å². The Kier molecular flexibility index (Phi) is 6.68. The Morgan fingerprint density at radius 3 is 2.85 bits per heavy atom. The van der Waals surface area contributed by atoms with Gasteiger partial charge in [0.25, 0.3) is 5.69 Å². The van der Waals surface area contributed by atoms with E-state index in [4.69, 9.17) is 9.84 Å². The number of carbonyl (C=O) groups is 1. The molecule has 0 aliphatic rings. The number of non-ortho nitro benzene ring substituents is 1. The van der Waals surface area contributed by atoms with Crippen LogP contribution in [0.2, 0.25) is 0 Å². The molecule has 0 saturated carbocycles. The minimum atomic E-state index is -0.827. The number of aromatic amines is 1. The van der Waals surface area contributed by atoms with Gasteiger partial charge in [-0.2, -0.15) is 0 Å². The molecule has 10 nitrogen and oxygen atoms in total. The molecule has 0 radical (unpaired) electrons. The Balaban J connectivity index is 1.49. The van der Waals surface area contributed by atoms with Gasteiger partial charge in [0.2, 0.25) is 0 Å². The summed E-state index contributed by atoms with van der Waals surface area (Å²) in [5.74, 6) is 0.151. The summed E-state index contributed by atoms with van der Waals surface area (Å²) in [4.78, 5) is 35.7. The highest BCUT2D eigenvalue weighted by atomic mass is 32.1. The second kappa shape index (κ2) is 9.83. The number of nitrogens with zero attached hydrogens (tertiary/aromatic N) is 4. The molecule has 0 aliphatic heterocycles. The number of pyridine rings is 1. The van der Waals surface area contributed by atoms with Crippen molar-refractivity contribution in [2.45, 2.75) is 19.3 Å². The van der Waals surface area contributed by atoms with Crippen molar-refractivity contribution in [3.8, 4) is 11.5 Å². The molecule has 0 fully saturated rings. The number of halogens is 1. The van der Waals surface area contributed by atoms with Crippen molar-refractivity contribution in [2.75, 3.05) is 18.5 Å². The maximum atomic E-state index is 14.3. The van der Waals surface area contributed by atoms with E-state index in [2.05, 4.69) is 15.0 Å². The van der Waals surface area contributed by atoms with Gasteiger partial charge in [-0.25, -0.2) is 9.37 Å². The van der Waals surface area contributed by atoms with Gasteiger partial charge in [-0.3, -0.25) is 19.9 Å². The van der Waals surface area contributed by atoms with E-state index in [0.717, 1.165) is 22.6 Å². The molecule has 4 rings (SSSR count). The van der Waals surface area contributed by atoms with Crippen molar-refractivity contribution < 1.29 is 24.0 Å². The first-order chi connectivity index (χ1) is 16.3. The van der Waals surface area contributed by atoms with Crippen LogP contribution in [0.1, 0.15) is 23.5 Å². The van der Waals surface area contributed by atoms with Crippen molar-refractivity contribution in [1.82, 2.24) is 15.0 Å². The minimum Gasteiger partial charge on any atom is -0.481 e. The molecular formula is C22H20FN5O5S. The first-order valence-corrected chi connectivity index (χ1v) is 11.1. The molecule has 0 bridgehead atoms. The van der Waals surface area contributed by atoms with Crippen LogP contribution in [0.4, 0.5) is 15.9 Å². The Morgan fingerprint density at radius 2 is 2.12 bits per heavy atom. The highest BCUT2D eigenvalue weighted by molar-refractivity contribution is 7.19. The first-order valence-electron chi connectivity index (χ1n) is 10.3. The Bertz CT molecular complexity index is 1350. The lowest BCUT2D eigenvalue weighted by atomic mass is 10.3. The number of hydrogen-bond acceptors (Lipinski definition) is 8. The lowest BCUT2D eigenvalue weighted by Crippen LogP contribution is -2.19. The number of carboxylic acid groups (broad SMARTS) is 1. The molecule has 0 unspecified atom stereocenters. The third-order valence-corrected chi connectivity index (χ3v) is 6.16. The zero-order valence-corrected chi connectivity index (χ0v) is 18.8. The van der Waals surface area contributed by atoms with Crippen LogP contribution in [0.15, 0.2) is 42.7 Å². The molecule has 4 aromatic rings. The quantitative estimate of drug-likeness (QED) is 0.243. The number of ether oxygens (including phenoxy) is 1. The zero-order chi connectivity index (χ0) is 24.2. The van der Waals surface area contributed by atoms with E-state index >= 15 is 0 Å². The number of nitro benzene ring substituents is 1. The normalized spacial score (nSPS) is 11.0. The fraction of sp³-hybridized carbons (Fsp3) is 0.227. The van der Waals surface area contributed by atoms with E-state index < -0.39 is 16.7 Å². The summed E-state index contributed by atoms with van der Waals surface area (Å²) in [6.45, 7) is 0.584. The molecule has 12 heteroatoms. The molecule has 0 saturated heterocycles. The van der Waals surface area contributed by atoms with Crippen LogP contribution >= 0.6 is 11.3 Å². The smallest absolute Gasteiger partial charge is 0.303 e. The Morgan fingerprint density at radius 1 is 1.29 bits per heavy atom. The average molecular weight is 485 g/mol. The molecule has 176 valence electrons. The van der Waals surface area contributed by atoms with Crippen LogP contribution in [0.25, 0.3) is 10.2 Å². The topological polar surface area (TPSA) is 134 Å². The summed E-state index contributed by atoms with van der Waals surface area (Å²) in [6.07, 6.45) is 4.39. The third kappa shape index (κ3) is 5.29. The van der Waals surface area contributed by atoms with Crippen LogP contribution in [-0.4, -0.2) is 44.5 Å². The van der Waals surface area contributed by atoms with Gasteiger partial charge in [-0.15, -0.1) is 11.3 Å². The summed E-state index contributed by atoms with van der Waals surface area (Å²) in [5.41, 5.74) is 0.325. The van der Waals surface area contributed by atoms with Crippen LogP contribution in [0, 0.1) is 15.9 Å². The van der Waals surface area contributed by atoms with Crippen LogP contribution < -0.4 is 9.64 Å². The van der Waals surface area contributed by atoms with Crippen molar-refractivity contribution >= 4 is 39.0 Å². The van der Waals surface area contributed by atoms with Gasteiger partial charge < -0.3 is 19.7 Å². The number of aliphatic carboxylic acids is 1. The van der Waals surface area contributed by atoms with Crippen LogP contribution in [-0.2, 0) is 11.2 Å². The maximum absolute atomic E-state index is 14.3. The number of imidazole rings is 1. The highest BCUT2D eigenvalue weighted by Crippen LogP contribution is 2.36. The van der Waals surface area contributed by atoms with Gasteiger partial charge >= 0.3 is 5.97 Å². The van der Waals surface area contributed by atoms with Crippen LogP contribution in [0.3, 0.4) is 0 Å². The molecule has 0 atom stereocenters. The number of thiophene rings is 1. The lowest BCUT2D eigenvalue weighted by molar-refractivity contribution is -0.385. The van der Waals surface area contributed by atoms with Gasteiger partial charge in [0.05, 0.1) is 27.4 Å². The fourth-order valence-corrected chi connectivity index (χ4v) is 4.39. The van der Waals surface area contributed by atoms with E-state index in [9.17, 15) is 19.3 Å². The number of aromatic nitrogens is 3. The molecule has 3 aromatic heterocycles. The largest absolute Gasteiger partial charge is 0.481 e. The van der Waals surface area contributed by atoms with E-state index in [0.29, 0.717) is 35.4 Å². The van der Waals surface area contributed by atoms with Gasteiger partial charge in [0.15, 0.2) is 11.6 Å². The second-order valence-corrected chi connectivity index (χ2v) is 8.66. The lowest BCUT2D eigenvalue weighted by Gasteiger charge is -2.15. The highest BCUT2D eigenvalue weighted by Gasteiger charge is 2.16. The van der Waals surface area contributed by atoms with Gasteiger partial charge in [0.1, 0.15) is 17.4 Å². The number of carboxylic acids is 1. The average Bonchev–Trinajstić information content (AvgIpc) is 3.42. The number of nitro groups is 1. The fourth-order valence-electron chi connectivity index (χ4n) is 3.32.